The molecule has 0 fully saturated rings. The molecule has 15 heavy (non-hydrogen) atoms. The number of rotatable bonds is 3. The number of hydrogen-bond donors (Lipinski definition) is 2. The smallest absolute Gasteiger partial charge is 0.232 e. The molecule has 0 heterocycles. The maximum atomic E-state index is 6.77. The fraction of sp³-hybridized carbons (Fsp3) is 0. The van der Waals surface area contributed by atoms with Gasteiger partial charge in [0.05, 0.1) is 0 Å². The van der Waals surface area contributed by atoms with Gasteiger partial charge < -0.3 is 5.73 Å². The van der Waals surface area contributed by atoms with Gasteiger partial charge in [-0.3, -0.25) is 5.41 Å². The molecule has 76 valence electrons. The molecular weight excluding hydrogens is 188 g/mol. The largest absolute Gasteiger partial charge is 0.367 e. The fourth-order valence-electron chi connectivity index (χ4n) is 0.915. The molecule has 0 unspecified atom stereocenters. The lowest BCUT2D eigenvalue weighted by molar-refractivity contribution is 1.21. The van der Waals surface area contributed by atoms with Crippen LogP contribution in [0.1, 0.15) is 5.56 Å². The number of hydrogen-bond acceptors (Lipinski definition) is 2. The summed E-state index contributed by atoms with van der Waals surface area (Å²) in [4.78, 5) is 0. The van der Waals surface area contributed by atoms with Crippen molar-refractivity contribution in [1.29, 1.82) is 5.41 Å². The van der Waals surface area contributed by atoms with Crippen LogP contribution >= 0.6 is 0 Å². The van der Waals surface area contributed by atoms with E-state index in [1.54, 1.807) is 6.08 Å². The van der Waals surface area contributed by atoms with Crippen LogP contribution in [0.15, 0.2) is 58.9 Å². The summed E-state index contributed by atoms with van der Waals surface area (Å²) in [5.41, 5.74) is 6.09. The highest BCUT2D eigenvalue weighted by molar-refractivity contribution is 5.74. The predicted molar refractivity (Wildman–Crippen MR) is 61.4 cm³/mol. The molecule has 0 bridgehead atoms. The van der Waals surface area contributed by atoms with Crippen LogP contribution in [0, 0.1) is 5.41 Å². The lowest BCUT2D eigenvalue weighted by Crippen LogP contribution is -2.03. The topological polar surface area (TPSA) is 74.6 Å². The van der Waals surface area contributed by atoms with Crippen molar-refractivity contribution in [3.63, 3.8) is 0 Å². The van der Waals surface area contributed by atoms with E-state index in [4.69, 9.17) is 11.1 Å². The van der Waals surface area contributed by atoms with Crippen LogP contribution in [0.25, 0.3) is 6.08 Å². The van der Waals surface area contributed by atoms with Crippen molar-refractivity contribution in [3.8, 4) is 0 Å². The number of nitrogens with zero attached hydrogens (tertiary/aromatic N) is 2. The van der Waals surface area contributed by atoms with Crippen LogP contribution in [0.4, 0.5) is 0 Å². The lowest BCUT2D eigenvalue weighted by atomic mass is 10.2. The Bertz CT molecular complexity index is 390. The molecule has 0 aliphatic carbocycles. The first-order valence-corrected chi connectivity index (χ1v) is 4.42. The Balaban J connectivity index is 2.44. The van der Waals surface area contributed by atoms with Gasteiger partial charge in [0, 0.05) is 6.20 Å². The summed E-state index contributed by atoms with van der Waals surface area (Å²) < 4.78 is 0. The molecule has 0 amide bonds. The van der Waals surface area contributed by atoms with Crippen molar-refractivity contribution in [2.75, 3.05) is 0 Å². The molecule has 0 atom stereocenters. The molecule has 4 heteroatoms. The summed E-state index contributed by atoms with van der Waals surface area (Å²) >= 11 is 0. The van der Waals surface area contributed by atoms with Crippen molar-refractivity contribution in [2.45, 2.75) is 0 Å². The van der Waals surface area contributed by atoms with Gasteiger partial charge in [-0.15, -0.1) is 5.11 Å². The van der Waals surface area contributed by atoms with Crippen LogP contribution in [-0.2, 0) is 0 Å². The van der Waals surface area contributed by atoms with E-state index < -0.39 is 0 Å². The Labute approximate surface area is 88.3 Å². The zero-order chi connectivity index (χ0) is 10.9. The minimum absolute atomic E-state index is 0.299. The van der Waals surface area contributed by atoms with Gasteiger partial charge in [0.2, 0.25) is 5.96 Å². The predicted octanol–water partition coefficient (Wildman–Crippen LogP) is 2.56. The third-order valence-corrected chi connectivity index (χ3v) is 1.52. The van der Waals surface area contributed by atoms with E-state index in [-0.39, 0.29) is 5.96 Å². The molecule has 0 aliphatic heterocycles. The van der Waals surface area contributed by atoms with Crippen LogP contribution in [0.5, 0.6) is 0 Å². The zero-order valence-electron chi connectivity index (χ0n) is 8.17. The second-order valence-electron chi connectivity index (χ2n) is 2.71. The highest BCUT2D eigenvalue weighted by Crippen LogP contribution is 2.00. The Kier molecular flexibility index (Phi) is 4.53. The summed E-state index contributed by atoms with van der Waals surface area (Å²) in [5.74, 6) is -0.299. The number of guanidine groups is 1. The Morgan fingerprint density at radius 3 is 2.60 bits per heavy atom. The van der Waals surface area contributed by atoms with Gasteiger partial charge in [-0.05, 0) is 11.6 Å². The number of nitrogens with one attached hydrogen (secondary N) is 1. The molecule has 1 aromatic carbocycles. The molecule has 0 spiro atoms. The van der Waals surface area contributed by atoms with Crippen molar-refractivity contribution >= 4 is 12.0 Å². The SMILES string of the molecule is N=C(N)N=N/C=C/C=C/c1ccccc1. The normalized spacial score (nSPS) is 11.7. The van der Waals surface area contributed by atoms with Gasteiger partial charge in [0.25, 0.3) is 0 Å². The summed E-state index contributed by atoms with van der Waals surface area (Å²) in [5, 5.41) is 13.7. The van der Waals surface area contributed by atoms with Gasteiger partial charge in [0.15, 0.2) is 0 Å². The number of benzene rings is 1. The standard InChI is InChI=1S/C11H12N4/c12-11(13)15-14-9-5-4-8-10-6-2-1-3-7-10/h1-9H,(H3,12,13)/b8-4+,9-5+,15-14?. The Hall–Kier alpha value is -2.23. The highest BCUT2D eigenvalue weighted by atomic mass is 15.2. The minimum atomic E-state index is -0.299. The summed E-state index contributed by atoms with van der Waals surface area (Å²) in [6, 6.07) is 9.91. The van der Waals surface area contributed by atoms with E-state index in [2.05, 4.69) is 10.2 Å². The van der Waals surface area contributed by atoms with Crippen molar-refractivity contribution in [3.05, 3.63) is 54.2 Å². The third-order valence-electron chi connectivity index (χ3n) is 1.52. The monoisotopic (exact) mass is 200 g/mol. The first-order valence-electron chi connectivity index (χ1n) is 4.42. The van der Waals surface area contributed by atoms with Gasteiger partial charge in [-0.25, -0.2) is 0 Å². The third kappa shape index (κ3) is 5.15. The average Bonchev–Trinajstić information content (AvgIpc) is 2.24. The van der Waals surface area contributed by atoms with Gasteiger partial charge >= 0.3 is 0 Å². The van der Waals surface area contributed by atoms with Gasteiger partial charge in [-0.2, -0.15) is 5.11 Å². The lowest BCUT2D eigenvalue weighted by Gasteiger charge is -1.87. The van der Waals surface area contributed by atoms with E-state index in [1.165, 1.54) is 6.20 Å². The maximum absolute atomic E-state index is 6.77. The molecule has 0 aliphatic rings. The molecule has 3 N–H and O–H groups in total. The number of allylic oxidation sites excluding steroid dienone is 2. The van der Waals surface area contributed by atoms with Crippen LogP contribution in [-0.4, -0.2) is 5.96 Å². The molecule has 1 aromatic rings. The quantitative estimate of drug-likeness (QED) is 0.334. The second-order valence-corrected chi connectivity index (χ2v) is 2.71. The molecule has 0 saturated heterocycles. The van der Waals surface area contributed by atoms with Crippen molar-refractivity contribution < 1.29 is 0 Å². The average molecular weight is 200 g/mol. The number of azo groups is 1. The summed E-state index contributed by atoms with van der Waals surface area (Å²) in [6.45, 7) is 0. The first kappa shape index (κ1) is 10.8. The zero-order valence-corrected chi connectivity index (χ0v) is 8.17. The van der Waals surface area contributed by atoms with Gasteiger partial charge in [-0.1, -0.05) is 42.5 Å². The van der Waals surface area contributed by atoms with Gasteiger partial charge in [0.1, 0.15) is 0 Å². The van der Waals surface area contributed by atoms with E-state index >= 15 is 0 Å². The molecule has 0 radical (unpaired) electrons. The van der Waals surface area contributed by atoms with Crippen molar-refractivity contribution in [1.82, 2.24) is 0 Å². The molecule has 0 saturated carbocycles. The van der Waals surface area contributed by atoms with Crippen LogP contribution in [0.3, 0.4) is 0 Å². The van der Waals surface area contributed by atoms with Crippen LogP contribution < -0.4 is 5.73 Å². The minimum Gasteiger partial charge on any atom is -0.367 e. The molecular formula is C11H12N4. The molecule has 1 rings (SSSR count). The Morgan fingerprint density at radius 2 is 1.93 bits per heavy atom. The Morgan fingerprint density at radius 1 is 1.20 bits per heavy atom. The highest BCUT2D eigenvalue weighted by Gasteiger charge is 1.79. The van der Waals surface area contributed by atoms with Crippen LogP contribution in [0.2, 0.25) is 0 Å². The second kappa shape index (κ2) is 6.26. The summed E-state index contributed by atoms with van der Waals surface area (Å²) in [7, 11) is 0. The van der Waals surface area contributed by atoms with Crippen molar-refractivity contribution in [2.24, 2.45) is 16.0 Å². The first-order chi connectivity index (χ1) is 7.29. The van der Waals surface area contributed by atoms with E-state index in [0.29, 0.717) is 0 Å². The fourth-order valence-corrected chi connectivity index (χ4v) is 0.915. The van der Waals surface area contributed by atoms with E-state index in [1.807, 2.05) is 42.5 Å². The maximum Gasteiger partial charge on any atom is 0.232 e. The molecule has 0 aromatic heterocycles. The number of nitrogens with two attached hydrogens (primary N) is 1. The molecule has 4 nitrogen and oxygen atoms in total. The van der Waals surface area contributed by atoms with E-state index in [9.17, 15) is 0 Å². The summed E-state index contributed by atoms with van der Waals surface area (Å²) in [6.07, 6.45) is 6.98. The van der Waals surface area contributed by atoms with E-state index in [0.717, 1.165) is 5.56 Å².